The van der Waals surface area contributed by atoms with Gasteiger partial charge in [-0.15, -0.1) is 11.1 Å². The van der Waals surface area contributed by atoms with Crippen molar-refractivity contribution in [2.75, 3.05) is 0 Å². The first kappa shape index (κ1) is 66.0. The maximum Gasteiger partial charge on any atom is 0.0641 e. The maximum absolute atomic E-state index is 3.42. The van der Waals surface area contributed by atoms with Crippen molar-refractivity contribution in [2.45, 2.75) is 136 Å². The number of benzene rings is 6. The van der Waals surface area contributed by atoms with Crippen molar-refractivity contribution in [1.29, 1.82) is 0 Å². The summed E-state index contributed by atoms with van der Waals surface area (Å²) < 4.78 is 0. The molecule has 0 fully saturated rings. The summed E-state index contributed by atoms with van der Waals surface area (Å²) >= 11 is 0. The Kier molecular flexibility index (Phi) is 44.7. The second-order valence-corrected chi connectivity index (χ2v) is 10.7. The average molecular weight is 896 g/mol. The van der Waals surface area contributed by atoms with Crippen LogP contribution in [0.3, 0.4) is 0 Å². The van der Waals surface area contributed by atoms with Crippen molar-refractivity contribution in [1.82, 2.24) is 0 Å². The van der Waals surface area contributed by atoms with Gasteiger partial charge >= 0.3 is 0 Å². The second kappa shape index (κ2) is 41.3. The topological polar surface area (TPSA) is 0 Å². The summed E-state index contributed by atoms with van der Waals surface area (Å²) in [4.78, 5) is 0. The molecule has 2 aliphatic carbocycles. The molecule has 0 unspecified atom stereocenters. The minimum atomic E-state index is -0.279. The van der Waals surface area contributed by atoms with E-state index in [9.17, 15) is 0 Å². The number of rotatable bonds is 4. The number of allylic oxidation sites excluding steroid dienone is 2. The van der Waals surface area contributed by atoms with Gasteiger partial charge in [0.25, 0.3) is 0 Å². The maximum atomic E-state index is 3.42. The molecule has 6 aromatic carbocycles. The molecule has 0 amide bonds. The van der Waals surface area contributed by atoms with Crippen molar-refractivity contribution in [3.63, 3.8) is 0 Å². The van der Waals surface area contributed by atoms with Gasteiger partial charge in [0.2, 0.25) is 0 Å². The first-order valence-electron chi connectivity index (χ1n) is 22.5. The van der Waals surface area contributed by atoms with Crippen LogP contribution >= 0.6 is 0 Å². The smallest absolute Gasteiger partial charge is 0.0641 e. The van der Waals surface area contributed by atoms with Crippen LogP contribution in [-0.2, 0) is 43.5 Å². The van der Waals surface area contributed by atoms with Gasteiger partial charge in [-0.1, -0.05) is 259 Å². The van der Waals surface area contributed by atoms with E-state index in [0.29, 0.717) is 0 Å². The molecule has 6 aromatic rings. The first-order chi connectivity index (χ1) is 28.8. The van der Waals surface area contributed by atoms with Crippen molar-refractivity contribution in [3.05, 3.63) is 227 Å². The predicted octanol–water partition coefficient (Wildman–Crippen LogP) is 19.2. The molecule has 61 heavy (non-hydrogen) atoms. The largest absolute Gasteiger partial charge is 0.179 e. The van der Waals surface area contributed by atoms with E-state index >= 15 is 0 Å². The fraction of sp³-hybridized carbons (Fsp3) is 0.333. The van der Waals surface area contributed by atoms with E-state index < -0.39 is 0 Å². The Morgan fingerprint density at radius 3 is 0.918 bits per heavy atom. The third kappa shape index (κ3) is 16.9. The van der Waals surface area contributed by atoms with Crippen molar-refractivity contribution < 1.29 is 32.7 Å². The Morgan fingerprint density at radius 1 is 0.311 bits per heavy atom. The zero-order chi connectivity index (χ0) is 44.2. The molecule has 0 N–H and O–H groups in total. The fourth-order valence-electron chi connectivity index (χ4n) is 6.58. The molecule has 0 bridgehead atoms. The zero-order valence-corrected chi connectivity index (χ0v) is 42.7. The van der Waals surface area contributed by atoms with Crippen molar-refractivity contribution >= 4 is 12.2 Å². The summed E-state index contributed by atoms with van der Waals surface area (Å²) in [5.74, 6) is 0. The molecule has 1 radical (unpaired) electrons. The van der Waals surface area contributed by atoms with Gasteiger partial charge in [-0.25, -0.2) is 0 Å². The number of fused-ring (bicyclic) bond motifs is 2. The molecule has 0 saturated heterocycles. The van der Waals surface area contributed by atoms with E-state index in [4.69, 9.17) is 0 Å². The SMILES string of the molecule is C.C.C1=CC(c2ccccc2)(c2ccccc2)c2ccccc21.CC.CC.CC.CC.CC.CC.CC.CC.[Y].[c-]1ccccc1C1(c2[c-]cccc2)C=Cc2ccccc21. The molecule has 1 heteroatoms. The van der Waals surface area contributed by atoms with Gasteiger partial charge in [0.1, 0.15) is 0 Å². The Balaban J connectivity index is -0.000000249. The Hall–Kier alpha value is -4.10. The average Bonchev–Trinajstić information content (AvgIpc) is 3.96. The van der Waals surface area contributed by atoms with E-state index in [1.54, 1.807) is 0 Å². The minimum Gasteiger partial charge on any atom is -0.179 e. The third-order valence-corrected chi connectivity index (χ3v) is 8.52. The molecule has 0 nitrogen and oxygen atoms in total. The van der Waals surface area contributed by atoms with Crippen LogP contribution in [0.15, 0.2) is 170 Å². The molecule has 0 aliphatic heterocycles. The second-order valence-electron chi connectivity index (χ2n) is 10.7. The molecule has 0 saturated carbocycles. The van der Waals surface area contributed by atoms with Gasteiger partial charge in [-0.3, -0.25) is 0 Å². The summed E-state index contributed by atoms with van der Waals surface area (Å²) in [5.41, 5.74) is 9.75. The minimum absolute atomic E-state index is 0. The molecule has 0 aromatic heterocycles. The third-order valence-electron chi connectivity index (χ3n) is 8.52. The van der Waals surface area contributed by atoms with Gasteiger partial charge in [0.05, 0.1) is 5.41 Å². The molecule has 0 atom stereocenters. The quantitative estimate of drug-likeness (QED) is 0.155. The van der Waals surface area contributed by atoms with Crippen LogP contribution < -0.4 is 0 Å². The Bertz CT molecular complexity index is 1630. The first-order valence-corrected chi connectivity index (χ1v) is 22.5. The summed E-state index contributed by atoms with van der Waals surface area (Å²) in [6.45, 7) is 32.0. The zero-order valence-electron chi connectivity index (χ0n) is 39.9. The van der Waals surface area contributed by atoms with Gasteiger partial charge in [0.15, 0.2) is 0 Å². The van der Waals surface area contributed by atoms with Crippen LogP contribution in [-0.4, -0.2) is 0 Å². The van der Waals surface area contributed by atoms with Crippen LogP contribution in [0.5, 0.6) is 0 Å². The summed E-state index contributed by atoms with van der Waals surface area (Å²) in [6.07, 6.45) is 9.06. The standard InChI is InChI=1S/C21H16.C21H14.8C2H6.2CH4.Y/c2*1-3-10-18(11-4-1)21(19-12-5-2-6-13-19)16-15-17-9-7-8-14-20(17)21;8*1-2;;;/h1-16H;1-10,12,14-16H;8*1-2H3;2*1H4;/q;-2;;;;;;;;;;;. The van der Waals surface area contributed by atoms with Gasteiger partial charge in [0, 0.05) is 38.1 Å². The van der Waals surface area contributed by atoms with Crippen LogP contribution in [0.25, 0.3) is 12.2 Å². The predicted molar refractivity (Wildman–Crippen MR) is 278 cm³/mol. The molecule has 331 valence electrons. The van der Waals surface area contributed by atoms with Crippen LogP contribution in [0.4, 0.5) is 0 Å². The fourth-order valence-corrected chi connectivity index (χ4v) is 6.58. The van der Waals surface area contributed by atoms with Gasteiger partial charge < -0.3 is 0 Å². The number of hydrogen-bond acceptors (Lipinski definition) is 0. The summed E-state index contributed by atoms with van der Waals surface area (Å²) in [7, 11) is 0. The van der Waals surface area contributed by atoms with Crippen molar-refractivity contribution in [2.24, 2.45) is 0 Å². The van der Waals surface area contributed by atoms with E-state index in [2.05, 4.69) is 170 Å². The van der Waals surface area contributed by atoms with Crippen molar-refractivity contribution in [3.8, 4) is 0 Å². The van der Waals surface area contributed by atoms with Gasteiger partial charge in [-0.2, -0.15) is 60.7 Å². The normalized spacial score (nSPS) is 11.0. The van der Waals surface area contributed by atoms with Crippen LogP contribution in [0.2, 0.25) is 0 Å². The molecule has 8 rings (SSSR count). The molecular formula is C60H86Y-2. The summed E-state index contributed by atoms with van der Waals surface area (Å²) in [6, 6.07) is 62.0. The van der Waals surface area contributed by atoms with E-state index in [-0.39, 0.29) is 58.4 Å². The molecule has 0 spiro atoms. The molecule has 0 heterocycles. The molecule has 2 aliphatic rings. The molecular weight excluding hydrogens is 810 g/mol. The van der Waals surface area contributed by atoms with E-state index in [1.807, 2.05) is 135 Å². The number of hydrogen-bond donors (Lipinski definition) is 0. The Labute approximate surface area is 405 Å². The summed E-state index contributed by atoms with van der Waals surface area (Å²) in [5, 5.41) is 0. The van der Waals surface area contributed by atoms with Gasteiger partial charge in [-0.05, 0) is 33.4 Å². The van der Waals surface area contributed by atoms with E-state index in [1.165, 1.54) is 33.4 Å². The van der Waals surface area contributed by atoms with Crippen LogP contribution in [0.1, 0.15) is 170 Å². The van der Waals surface area contributed by atoms with E-state index in [0.717, 1.165) is 11.1 Å². The van der Waals surface area contributed by atoms with Crippen LogP contribution in [0, 0.1) is 12.1 Å². The monoisotopic (exact) mass is 896 g/mol. The Morgan fingerprint density at radius 2 is 0.590 bits per heavy atom.